The smallest absolute Gasteiger partial charge is 0.191 e. The Balaban J connectivity index is 0.00000288. The third-order valence-corrected chi connectivity index (χ3v) is 5.02. The average Bonchev–Trinajstić information content (AvgIpc) is 2.53. The van der Waals surface area contributed by atoms with Crippen LogP contribution in [0.4, 0.5) is 0 Å². The zero-order valence-corrected chi connectivity index (χ0v) is 18.4. The number of nitrogens with zero attached hydrogens (tertiary/aromatic N) is 2. The molecule has 0 spiro atoms. The quantitative estimate of drug-likeness (QED) is 0.367. The number of halogens is 1. The molecule has 24 heavy (non-hydrogen) atoms. The van der Waals surface area contributed by atoms with Crippen molar-refractivity contribution in [2.75, 3.05) is 32.7 Å². The van der Waals surface area contributed by atoms with Gasteiger partial charge in [-0.3, -0.25) is 4.99 Å². The molecule has 142 valence electrons. The van der Waals surface area contributed by atoms with Crippen LogP contribution in [0.2, 0.25) is 0 Å². The molecule has 0 aromatic carbocycles. The van der Waals surface area contributed by atoms with Crippen LogP contribution in [0.5, 0.6) is 0 Å². The van der Waals surface area contributed by atoms with Gasteiger partial charge in [-0.05, 0) is 51.0 Å². The first-order valence-corrected chi connectivity index (χ1v) is 9.94. The van der Waals surface area contributed by atoms with Crippen LogP contribution in [0.3, 0.4) is 0 Å². The van der Waals surface area contributed by atoms with Crippen molar-refractivity contribution in [3.8, 4) is 0 Å². The van der Waals surface area contributed by atoms with E-state index in [2.05, 4.69) is 36.3 Å². The number of piperidine rings is 1. The maximum Gasteiger partial charge on any atom is 0.191 e. The van der Waals surface area contributed by atoms with Crippen molar-refractivity contribution >= 4 is 29.9 Å². The molecule has 0 aromatic rings. The first kappa shape index (κ1) is 22.0. The molecule has 0 radical (unpaired) electrons. The van der Waals surface area contributed by atoms with Gasteiger partial charge in [-0.25, -0.2) is 0 Å². The van der Waals surface area contributed by atoms with E-state index in [-0.39, 0.29) is 24.0 Å². The molecule has 2 aliphatic rings. The summed E-state index contributed by atoms with van der Waals surface area (Å²) in [6.45, 7) is 12.4. The Labute approximate surface area is 166 Å². The lowest BCUT2D eigenvalue weighted by atomic mass is 9.95. The summed E-state index contributed by atoms with van der Waals surface area (Å²) >= 11 is 0. The summed E-state index contributed by atoms with van der Waals surface area (Å²) in [4.78, 5) is 7.55. The van der Waals surface area contributed by atoms with E-state index in [0.29, 0.717) is 6.04 Å². The maximum atomic E-state index is 4.91. The first-order chi connectivity index (χ1) is 11.2. The molecule has 0 amide bonds. The highest BCUT2D eigenvalue weighted by Gasteiger charge is 2.20. The van der Waals surface area contributed by atoms with E-state index in [1.807, 2.05) is 0 Å². The van der Waals surface area contributed by atoms with Gasteiger partial charge in [0.25, 0.3) is 0 Å². The van der Waals surface area contributed by atoms with Crippen LogP contribution in [-0.2, 0) is 0 Å². The van der Waals surface area contributed by atoms with Gasteiger partial charge >= 0.3 is 0 Å². The van der Waals surface area contributed by atoms with Crippen molar-refractivity contribution in [2.45, 2.75) is 71.8 Å². The molecule has 1 aliphatic carbocycles. The van der Waals surface area contributed by atoms with Crippen molar-refractivity contribution < 1.29 is 0 Å². The molecular weight excluding hydrogens is 411 g/mol. The largest absolute Gasteiger partial charge is 0.357 e. The number of hydrogen-bond acceptors (Lipinski definition) is 2. The molecule has 2 fully saturated rings. The highest BCUT2D eigenvalue weighted by Crippen LogP contribution is 2.19. The van der Waals surface area contributed by atoms with Crippen molar-refractivity contribution in [1.29, 1.82) is 0 Å². The lowest BCUT2D eigenvalue weighted by Crippen LogP contribution is -2.45. The van der Waals surface area contributed by atoms with Crippen LogP contribution in [-0.4, -0.2) is 49.6 Å². The van der Waals surface area contributed by atoms with Crippen LogP contribution in [0.15, 0.2) is 4.99 Å². The molecule has 2 rings (SSSR count). The monoisotopic (exact) mass is 450 g/mol. The van der Waals surface area contributed by atoms with Gasteiger partial charge in [-0.15, -0.1) is 24.0 Å². The van der Waals surface area contributed by atoms with Crippen LogP contribution >= 0.6 is 24.0 Å². The van der Waals surface area contributed by atoms with Crippen molar-refractivity contribution in [1.82, 2.24) is 15.5 Å². The fourth-order valence-corrected chi connectivity index (χ4v) is 3.96. The molecule has 1 heterocycles. The van der Waals surface area contributed by atoms with Gasteiger partial charge in [0.2, 0.25) is 0 Å². The first-order valence-electron chi connectivity index (χ1n) is 9.94. The summed E-state index contributed by atoms with van der Waals surface area (Å²) in [6.07, 6.45) is 9.40. The molecule has 1 aliphatic heterocycles. The summed E-state index contributed by atoms with van der Waals surface area (Å²) in [6, 6.07) is 0.630. The van der Waals surface area contributed by atoms with E-state index in [1.165, 1.54) is 64.6 Å². The van der Waals surface area contributed by atoms with Crippen LogP contribution in [0, 0.1) is 11.8 Å². The van der Waals surface area contributed by atoms with Crippen LogP contribution in [0.25, 0.3) is 0 Å². The number of likely N-dealkylation sites (tertiary alicyclic amines) is 1. The zero-order chi connectivity index (χ0) is 16.5. The Morgan fingerprint density at radius 1 is 1.12 bits per heavy atom. The summed E-state index contributed by atoms with van der Waals surface area (Å²) in [5, 5.41) is 7.10. The Bertz CT molecular complexity index is 353. The number of guanidine groups is 1. The molecule has 1 atom stereocenters. The van der Waals surface area contributed by atoms with Crippen LogP contribution in [0.1, 0.15) is 65.7 Å². The van der Waals surface area contributed by atoms with Gasteiger partial charge in [-0.1, -0.05) is 33.1 Å². The van der Waals surface area contributed by atoms with Gasteiger partial charge in [-0.2, -0.15) is 0 Å². The van der Waals surface area contributed by atoms with Crippen LogP contribution < -0.4 is 10.6 Å². The van der Waals surface area contributed by atoms with E-state index >= 15 is 0 Å². The topological polar surface area (TPSA) is 39.7 Å². The lowest BCUT2D eigenvalue weighted by Gasteiger charge is -2.33. The van der Waals surface area contributed by atoms with Crippen molar-refractivity contribution in [3.63, 3.8) is 0 Å². The third-order valence-electron chi connectivity index (χ3n) is 5.02. The summed E-state index contributed by atoms with van der Waals surface area (Å²) in [5.74, 6) is 2.53. The van der Waals surface area contributed by atoms with Gasteiger partial charge in [0, 0.05) is 32.2 Å². The Hall–Kier alpha value is -0.0400. The second kappa shape index (κ2) is 12.3. The molecule has 1 saturated heterocycles. The standard InChI is InChI=1S/C19H38N4.HI/c1-4-20-19(22-18-10-6-5-7-11-18)21-13-17-9-8-12-23(15-17)14-16(2)3;/h16-18H,4-15H2,1-3H3,(H2,20,21,22);1H. The molecule has 2 N–H and O–H groups in total. The molecule has 0 aromatic heterocycles. The normalized spacial score (nSPS) is 23.8. The van der Waals surface area contributed by atoms with E-state index in [1.54, 1.807) is 0 Å². The molecule has 0 bridgehead atoms. The van der Waals surface area contributed by atoms with Crippen molar-refractivity contribution in [2.24, 2.45) is 16.8 Å². The van der Waals surface area contributed by atoms with E-state index in [4.69, 9.17) is 4.99 Å². The van der Waals surface area contributed by atoms with E-state index in [0.717, 1.165) is 30.9 Å². The number of nitrogens with one attached hydrogen (secondary N) is 2. The number of aliphatic imine (C=N–C) groups is 1. The predicted octanol–water partition coefficient (Wildman–Crippen LogP) is 3.86. The highest BCUT2D eigenvalue weighted by molar-refractivity contribution is 14.0. The minimum Gasteiger partial charge on any atom is -0.357 e. The average molecular weight is 450 g/mol. The molecular formula is C19H39IN4. The minimum atomic E-state index is 0. The predicted molar refractivity (Wildman–Crippen MR) is 115 cm³/mol. The molecule has 1 unspecified atom stereocenters. The lowest BCUT2D eigenvalue weighted by molar-refractivity contribution is 0.162. The molecule has 4 nitrogen and oxygen atoms in total. The summed E-state index contributed by atoms with van der Waals surface area (Å²) in [5.41, 5.74) is 0. The fraction of sp³-hybridized carbons (Fsp3) is 0.947. The zero-order valence-electron chi connectivity index (χ0n) is 16.0. The highest BCUT2D eigenvalue weighted by atomic mass is 127. The Kier molecular flexibility index (Phi) is 11.3. The number of hydrogen-bond donors (Lipinski definition) is 2. The van der Waals surface area contributed by atoms with Gasteiger partial charge in [0.1, 0.15) is 0 Å². The fourth-order valence-electron chi connectivity index (χ4n) is 3.96. The molecule has 5 heteroatoms. The van der Waals surface area contributed by atoms with Crippen molar-refractivity contribution in [3.05, 3.63) is 0 Å². The molecule has 1 saturated carbocycles. The van der Waals surface area contributed by atoms with Gasteiger partial charge in [0.15, 0.2) is 5.96 Å². The second-order valence-corrected chi connectivity index (χ2v) is 7.86. The maximum absolute atomic E-state index is 4.91. The minimum absolute atomic E-state index is 0. The summed E-state index contributed by atoms with van der Waals surface area (Å²) in [7, 11) is 0. The van der Waals surface area contributed by atoms with Gasteiger partial charge in [0.05, 0.1) is 0 Å². The Morgan fingerprint density at radius 2 is 1.88 bits per heavy atom. The summed E-state index contributed by atoms with van der Waals surface area (Å²) < 4.78 is 0. The third kappa shape index (κ3) is 8.37. The Morgan fingerprint density at radius 3 is 2.54 bits per heavy atom. The van der Waals surface area contributed by atoms with E-state index < -0.39 is 0 Å². The second-order valence-electron chi connectivity index (χ2n) is 7.86. The SMILES string of the molecule is CCNC(=NCC1CCCN(CC(C)C)C1)NC1CCCCC1.I. The number of rotatable bonds is 6. The van der Waals surface area contributed by atoms with Gasteiger partial charge < -0.3 is 15.5 Å². The van der Waals surface area contributed by atoms with E-state index in [9.17, 15) is 0 Å².